The van der Waals surface area contributed by atoms with E-state index in [9.17, 15) is 4.79 Å². The van der Waals surface area contributed by atoms with E-state index < -0.39 is 0 Å². The Kier molecular flexibility index (Phi) is 5.04. The van der Waals surface area contributed by atoms with Gasteiger partial charge in [0, 0.05) is 55.1 Å². The van der Waals surface area contributed by atoms with Gasteiger partial charge in [0.1, 0.15) is 5.82 Å². The van der Waals surface area contributed by atoms with Gasteiger partial charge < -0.3 is 9.80 Å². The normalized spacial score (nSPS) is 15.5. The zero-order valence-corrected chi connectivity index (χ0v) is 17.2. The number of carbonyl (C=O) groups excluding carboxylic acids is 1. The van der Waals surface area contributed by atoms with Crippen LogP contribution in [0, 0.1) is 11.3 Å². The van der Waals surface area contributed by atoms with Crippen LogP contribution in [0.3, 0.4) is 0 Å². The van der Waals surface area contributed by atoms with Crippen molar-refractivity contribution in [1.29, 1.82) is 5.26 Å². The van der Waals surface area contributed by atoms with Crippen molar-refractivity contribution in [2.45, 2.75) is 25.8 Å². The molecule has 1 saturated heterocycles. The van der Waals surface area contributed by atoms with Gasteiger partial charge in [-0.05, 0) is 43.2 Å². The average Bonchev–Trinajstić information content (AvgIpc) is 3.38. The second-order valence-electron chi connectivity index (χ2n) is 7.90. The minimum Gasteiger partial charge on any atom is -0.356 e. The molecule has 2 aromatic heterocycles. The fourth-order valence-corrected chi connectivity index (χ4v) is 4.29. The van der Waals surface area contributed by atoms with Gasteiger partial charge in [-0.1, -0.05) is 6.07 Å². The molecule has 0 N–H and O–H groups in total. The van der Waals surface area contributed by atoms with E-state index in [1.54, 1.807) is 36.7 Å². The van der Waals surface area contributed by atoms with Gasteiger partial charge in [0.15, 0.2) is 5.82 Å². The predicted molar refractivity (Wildman–Crippen MR) is 116 cm³/mol. The highest BCUT2D eigenvalue weighted by Gasteiger charge is 2.29. The SMILES string of the molecule is N#Cc1cccc(C(=O)N2CCc3nc(-c4ccncc4)nc(N4CCCC4)c3C2)c1. The molecule has 154 valence electrons. The van der Waals surface area contributed by atoms with Crippen molar-refractivity contribution in [1.82, 2.24) is 19.9 Å². The second kappa shape index (κ2) is 8.15. The van der Waals surface area contributed by atoms with Crippen LogP contribution in [0.15, 0.2) is 48.8 Å². The van der Waals surface area contributed by atoms with Gasteiger partial charge in [-0.25, -0.2) is 9.97 Å². The van der Waals surface area contributed by atoms with Crippen molar-refractivity contribution in [2.75, 3.05) is 24.5 Å². The van der Waals surface area contributed by atoms with Crippen molar-refractivity contribution in [3.8, 4) is 17.5 Å². The van der Waals surface area contributed by atoms with Gasteiger partial charge in [0.05, 0.1) is 23.9 Å². The number of anilines is 1. The number of nitrogens with zero attached hydrogens (tertiary/aromatic N) is 6. The number of hydrogen-bond donors (Lipinski definition) is 0. The molecule has 0 atom stereocenters. The Morgan fingerprint density at radius 3 is 2.61 bits per heavy atom. The van der Waals surface area contributed by atoms with Gasteiger partial charge in [-0.2, -0.15) is 5.26 Å². The van der Waals surface area contributed by atoms with Gasteiger partial charge in [0.2, 0.25) is 0 Å². The smallest absolute Gasteiger partial charge is 0.254 e. The quantitative estimate of drug-likeness (QED) is 0.659. The summed E-state index contributed by atoms with van der Waals surface area (Å²) in [5, 5.41) is 9.16. The summed E-state index contributed by atoms with van der Waals surface area (Å²) in [6.45, 7) is 3.01. The van der Waals surface area contributed by atoms with Crippen LogP contribution in [0.25, 0.3) is 11.4 Å². The number of amides is 1. The number of aromatic nitrogens is 3. The summed E-state index contributed by atoms with van der Waals surface area (Å²) in [5.41, 5.74) is 4.03. The zero-order chi connectivity index (χ0) is 21.2. The lowest BCUT2D eigenvalue weighted by Crippen LogP contribution is -2.38. The van der Waals surface area contributed by atoms with Crippen LogP contribution in [0.4, 0.5) is 5.82 Å². The van der Waals surface area contributed by atoms with E-state index in [2.05, 4.69) is 16.0 Å². The first-order valence-electron chi connectivity index (χ1n) is 10.6. The molecule has 4 heterocycles. The van der Waals surface area contributed by atoms with Crippen molar-refractivity contribution in [2.24, 2.45) is 0 Å². The summed E-state index contributed by atoms with van der Waals surface area (Å²) in [6.07, 6.45) is 6.48. The molecule has 31 heavy (non-hydrogen) atoms. The van der Waals surface area contributed by atoms with Crippen LogP contribution in [0.2, 0.25) is 0 Å². The minimum atomic E-state index is -0.0617. The summed E-state index contributed by atoms with van der Waals surface area (Å²) in [4.78, 5) is 31.2. The molecule has 7 heteroatoms. The first kappa shape index (κ1) is 19.2. The average molecular weight is 410 g/mol. The molecular formula is C24H22N6O. The zero-order valence-electron chi connectivity index (χ0n) is 17.2. The van der Waals surface area contributed by atoms with Gasteiger partial charge >= 0.3 is 0 Å². The van der Waals surface area contributed by atoms with E-state index in [1.807, 2.05) is 17.0 Å². The Balaban J connectivity index is 1.51. The van der Waals surface area contributed by atoms with Crippen LogP contribution in [0.1, 0.15) is 40.0 Å². The maximum Gasteiger partial charge on any atom is 0.254 e. The Bertz CT molecular complexity index is 1160. The highest BCUT2D eigenvalue weighted by Crippen LogP contribution is 2.32. The Morgan fingerprint density at radius 2 is 1.84 bits per heavy atom. The molecule has 1 amide bonds. The summed E-state index contributed by atoms with van der Waals surface area (Å²) in [5.74, 6) is 1.59. The second-order valence-corrected chi connectivity index (χ2v) is 7.90. The topological polar surface area (TPSA) is 86.0 Å². The number of nitriles is 1. The van der Waals surface area contributed by atoms with Gasteiger partial charge in [-0.15, -0.1) is 0 Å². The standard InChI is InChI=1S/C24H22N6O/c25-15-17-4-3-5-19(14-17)24(31)30-13-8-21-20(16-30)23(29-11-1-2-12-29)28-22(27-21)18-6-9-26-10-7-18/h3-7,9-10,14H,1-2,8,11-13,16H2. The number of carbonyl (C=O) groups is 1. The van der Waals surface area contributed by atoms with E-state index in [4.69, 9.17) is 15.2 Å². The monoisotopic (exact) mass is 410 g/mol. The van der Waals surface area contributed by atoms with Gasteiger partial charge in [-0.3, -0.25) is 9.78 Å². The number of pyridine rings is 1. The lowest BCUT2D eigenvalue weighted by Gasteiger charge is -2.32. The third-order valence-corrected chi connectivity index (χ3v) is 5.91. The maximum atomic E-state index is 13.2. The van der Waals surface area contributed by atoms with Crippen LogP contribution in [-0.4, -0.2) is 45.4 Å². The highest BCUT2D eigenvalue weighted by atomic mass is 16.2. The maximum absolute atomic E-state index is 13.2. The fourth-order valence-electron chi connectivity index (χ4n) is 4.29. The Labute approximate surface area is 181 Å². The third kappa shape index (κ3) is 3.73. The third-order valence-electron chi connectivity index (χ3n) is 5.91. The van der Waals surface area contributed by atoms with Crippen LogP contribution >= 0.6 is 0 Å². The number of benzene rings is 1. The van der Waals surface area contributed by atoms with Gasteiger partial charge in [0.25, 0.3) is 5.91 Å². The van der Waals surface area contributed by atoms with Crippen LogP contribution in [0.5, 0.6) is 0 Å². The molecule has 2 aliphatic heterocycles. The van der Waals surface area contributed by atoms with Crippen molar-refractivity contribution >= 4 is 11.7 Å². The van der Waals surface area contributed by atoms with E-state index in [1.165, 1.54) is 0 Å². The fraction of sp³-hybridized carbons (Fsp3) is 0.292. The van der Waals surface area contributed by atoms with Crippen molar-refractivity contribution in [3.05, 3.63) is 71.2 Å². The molecule has 3 aromatic rings. The molecule has 0 unspecified atom stereocenters. The van der Waals surface area contributed by atoms with E-state index in [-0.39, 0.29) is 5.91 Å². The molecular weight excluding hydrogens is 388 g/mol. The molecule has 2 aliphatic rings. The number of hydrogen-bond acceptors (Lipinski definition) is 6. The Morgan fingerprint density at radius 1 is 1.03 bits per heavy atom. The first-order chi connectivity index (χ1) is 15.2. The largest absolute Gasteiger partial charge is 0.356 e. The van der Waals surface area contributed by atoms with E-state index >= 15 is 0 Å². The summed E-state index contributed by atoms with van der Waals surface area (Å²) >= 11 is 0. The van der Waals surface area contributed by atoms with E-state index in [0.717, 1.165) is 48.6 Å². The molecule has 5 rings (SSSR count). The molecule has 0 saturated carbocycles. The summed E-state index contributed by atoms with van der Waals surface area (Å²) in [6, 6.07) is 12.8. The number of fused-ring (bicyclic) bond motifs is 1. The molecule has 1 fully saturated rings. The van der Waals surface area contributed by atoms with Crippen molar-refractivity contribution < 1.29 is 4.79 Å². The molecule has 0 spiro atoms. The summed E-state index contributed by atoms with van der Waals surface area (Å²) in [7, 11) is 0. The molecule has 0 aliphatic carbocycles. The molecule has 0 radical (unpaired) electrons. The lowest BCUT2D eigenvalue weighted by atomic mass is 10.0. The summed E-state index contributed by atoms with van der Waals surface area (Å²) < 4.78 is 0. The Hall–Kier alpha value is -3.79. The van der Waals surface area contributed by atoms with Crippen LogP contribution in [-0.2, 0) is 13.0 Å². The number of rotatable bonds is 3. The molecule has 7 nitrogen and oxygen atoms in total. The molecule has 1 aromatic carbocycles. The minimum absolute atomic E-state index is 0.0617. The van der Waals surface area contributed by atoms with E-state index in [0.29, 0.717) is 36.5 Å². The lowest BCUT2D eigenvalue weighted by molar-refractivity contribution is 0.0733. The molecule has 0 bridgehead atoms. The predicted octanol–water partition coefficient (Wildman–Crippen LogP) is 3.21. The van der Waals surface area contributed by atoms with Crippen molar-refractivity contribution in [3.63, 3.8) is 0 Å². The first-order valence-corrected chi connectivity index (χ1v) is 10.6. The van der Waals surface area contributed by atoms with Crippen LogP contribution < -0.4 is 4.90 Å². The highest BCUT2D eigenvalue weighted by molar-refractivity contribution is 5.94.